The van der Waals surface area contributed by atoms with Crippen LogP contribution in [0.15, 0.2) is 18.7 Å². The number of rotatable bonds is 3. The number of nitrogens with zero attached hydrogens (tertiary/aromatic N) is 3. The number of piperidine rings is 1. The quantitative estimate of drug-likeness (QED) is 0.578. The Morgan fingerprint density at radius 3 is 2.41 bits per heavy atom. The van der Waals surface area contributed by atoms with Crippen molar-refractivity contribution in [3.8, 4) is 0 Å². The Morgan fingerprint density at radius 1 is 1.12 bits per heavy atom. The van der Waals surface area contributed by atoms with Gasteiger partial charge in [0.25, 0.3) is 0 Å². The van der Waals surface area contributed by atoms with Crippen molar-refractivity contribution in [1.29, 1.82) is 0 Å². The van der Waals surface area contributed by atoms with Crippen LogP contribution >= 0.6 is 0 Å². The lowest BCUT2D eigenvalue weighted by molar-refractivity contribution is -0.131. The first-order valence-electron chi connectivity index (χ1n) is 5.83. The van der Waals surface area contributed by atoms with Gasteiger partial charge in [-0.1, -0.05) is 0 Å². The molecule has 0 aromatic carbocycles. The van der Waals surface area contributed by atoms with Crippen molar-refractivity contribution >= 4 is 11.7 Å². The SMILES string of the molecule is O=C(CC(=O)N1CCCCC1)c1cncnc1. The molecule has 0 unspecified atom stereocenters. The van der Waals surface area contributed by atoms with Gasteiger partial charge >= 0.3 is 0 Å². The Morgan fingerprint density at radius 2 is 1.76 bits per heavy atom. The van der Waals surface area contributed by atoms with E-state index >= 15 is 0 Å². The van der Waals surface area contributed by atoms with Crippen molar-refractivity contribution in [2.45, 2.75) is 25.7 Å². The Balaban J connectivity index is 1.92. The summed E-state index contributed by atoms with van der Waals surface area (Å²) in [7, 11) is 0. The summed E-state index contributed by atoms with van der Waals surface area (Å²) in [4.78, 5) is 32.9. The van der Waals surface area contributed by atoms with Gasteiger partial charge in [-0.05, 0) is 19.3 Å². The highest BCUT2D eigenvalue weighted by Gasteiger charge is 2.20. The molecule has 1 amide bonds. The average Bonchev–Trinajstić information content (AvgIpc) is 2.40. The molecule has 17 heavy (non-hydrogen) atoms. The van der Waals surface area contributed by atoms with Crippen LogP contribution < -0.4 is 0 Å². The number of carbonyl (C=O) groups is 2. The summed E-state index contributed by atoms with van der Waals surface area (Å²) in [6, 6.07) is 0. The van der Waals surface area contributed by atoms with Gasteiger partial charge in [0.05, 0.1) is 12.0 Å². The van der Waals surface area contributed by atoms with Crippen LogP contribution in [0.1, 0.15) is 36.0 Å². The largest absolute Gasteiger partial charge is 0.342 e. The third-order valence-electron chi connectivity index (χ3n) is 2.90. The number of hydrogen-bond acceptors (Lipinski definition) is 4. The fourth-order valence-corrected chi connectivity index (χ4v) is 1.94. The molecule has 5 heteroatoms. The van der Waals surface area contributed by atoms with E-state index in [0.29, 0.717) is 5.56 Å². The summed E-state index contributed by atoms with van der Waals surface area (Å²) in [6.07, 6.45) is 7.42. The zero-order valence-electron chi connectivity index (χ0n) is 9.63. The molecule has 0 radical (unpaired) electrons. The molecule has 1 saturated heterocycles. The van der Waals surface area contributed by atoms with Crippen LogP contribution in [0.25, 0.3) is 0 Å². The number of carbonyl (C=O) groups excluding carboxylic acids is 2. The highest BCUT2D eigenvalue weighted by Crippen LogP contribution is 2.11. The summed E-state index contributed by atoms with van der Waals surface area (Å²) < 4.78 is 0. The fourth-order valence-electron chi connectivity index (χ4n) is 1.94. The molecule has 5 nitrogen and oxygen atoms in total. The minimum Gasteiger partial charge on any atom is -0.342 e. The average molecular weight is 233 g/mol. The molecule has 1 aliphatic rings. The standard InChI is InChI=1S/C12H15N3O2/c16-11(10-7-13-9-14-8-10)6-12(17)15-4-2-1-3-5-15/h7-9H,1-6H2. The van der Waals surface area contributed by atoms with Gasteiger partial charge in [0.1, 0.15) is 6.33 Å². The van der Waals surface area contributed by atoms with Gasteiger partial charge in [0.2, 0.25) is 5.91 Å². The van der Waals surface area contributed by atoms with Crippen LogP contribution in [0.4, 0.5) is 0 Å². The lowest BCUT2D eigenvalue weighted by atomic mass is 10.1. The predicted octanol–water partition coefficient (Wildman–Crippen LogP) is 1.06. The number of amides is 1. The van der Waals surface area contributed by atoms with Gasteiger partial charge in [0.15, 0.2) is 5.78 Å². The maximum atomic E-state index is 11.8. The molecule has 1 aliphatic heterocycles. The van der Waals surface area contributed by atoms with Gasteiger partial charge in [-0.3, -0.25) is 9.59 Å². The number of aromatic nitrogens is 2. The van der Waals surface area contributed by atoms with E-state index in [0.717, 1.165) is 25.9 Å². The maximum absolute atomic E-state index is 11.8. The molecule has 90 valence electrons. The molecule has 1 fully saturated rings. The zero-order valence-corrected chi connectivity index (χ0v) is 9.63. The van der Waals surface area contributed by atoms with Crippen molar-refractivity contribution in [1.82, 2.24) is 14.9 Å². The van der Waals surface area contributed by atoms with E-state index < -0.39 is 0 Å². The normalized spacial score (nSPS) is 15.6. The van der Waals surface area contributed by atoms with Gasteiger partial charge in [0, 0.05) is 25.5 Å². The number of ketones is 1. The molecular weight excluding hydrogens is 218 g/mol. The minimum atomic E-state index is -0.207. The van der Waals surface area contributed by atoms with Gasteiger partial charge in [-0.25, -0.2) is 9.97 Å². The van der Waals surface area contributed by atoms with E-state index in [4.69, 9.17) is 0 Å². The Hall–Kier alpha value is -1.78. The first-order chi connectivity index (χ1) is 8.27. The second-order valence-electron chi connectivity index (χ2n) is 4.17. The molecular formula is C12H15N3O2. The van der Waals surface area contributed by atoms with Crippen LogP contribution in [0.5, 0.6) is 0 Å². The van der Waals surface area contributed by atoms with E-state index in [1.807, 2.05) is 0 Å². The Labute approximate surface area is 99.9 Å². The smallest absolute Gasteiger partial charge is 0.230 e. The minimum absolute atomic E-state index is 0.0760. The predicted molar refractivity (Wildman–Crippen MR) is 61.4 cm³/mol. The van der Waals surface area contributed by atoms with Crippen molar-refractivity contribution in [3.05, 3.63) is 24.3 Å². The summed E-state index contributed by atoms with van der Waals surface area (Å²) in [5.41, 5.74) is 0.401. The van der Waals surface area contributed by atoms with Crippen LogP contribution in [-0.2, 0) is 4.79 Å². The topological polar surface area (TPSA) is 63.2 Å². The first-order valence-corrected chi connectivity index (χ1v) is 5.83. The van der Waals surface area contributed by atoms with Crippen LogP contribution in [0, 0.1) is 0 Å². The van der Waals surface area contributed by atoms with E-state index in [1.165, 1.54) is 25.1 Å². The lowest BCUT2D eigenvalue weighted by Gasteiger charge is -2.26. The molecule has 0 N–H and O–H groups in total. The molecule has 0 spiro atoms. The van der Waals surface area contributed by atoms with Crippen molar-refractivity contribution in [2.24, 2.45) is 0 Å². The second kappa shape index (κ2) is 5.52. The Bertz CT molecular complexity index is 399. The highest BCUT2D eigenvalue weighted by atomic mass is 16.2. The summed E-state index contributed by atoms with van der Waals surface area (Å²) in [5, 5.41) is 0. The molecule has 0 atom stereocenters. The summed E-state index contributed by atoms with van der Waals surface area (Å²) in [5.74, 6) is -0.292. The molecule has 2 heterocycles. The molecule has 0 bridgehead atoms. The van der Waals surface area contributed by atoms with Gasteiger partial charge < -0.3 is 4.90 Å². The highest BCUT2D eigenvalue weighted by molar-refractivity contribution is 6.07. The zero-order chi connectivity index (χ0) is 12.1. The third kappa shape index (κ3) is 3.09. The van der Waals surface area contributed by atoms with Gasteiger partial charge in [-0.2, -0.15) is 0 Å². The van der Waals surface area contributed by atoms with Crippen LogP contribution in [-0.4, -0.2) is 39.6 Å². The van der Waals surface area contributed by atoms with Crippen molar-refractivity contribution < 1.29 is 9.59 Å². The molecule has 0 aliphatic carbocycles. The van der Waals surface area contributed by atoms with Crippen LogP contribution in [0.2, 0.25) is 0 Å². The second-order valence-corrected chi connectivity index (χ2v) is 4.17. The number of Topliss-reactive ketones (excluding diaryl/α,β-unsaturated/α-hetero) is 1. The Kier molecular flexibility index (Phi) is 3.80. The lowest BCUT2D eigenvalue weighted by Crippen LogP contribution is -2.36. The number of likely N-dealkylation sites (tertiary alicyclic amines) is 1. The van der Waals surface area contributed by atoms with E-state index in [2.05, 4.69) is 9.97 Å². The van der Waals surface area contributed by atoms with Crippen LogP contribution in [0.3, 0.4) is 0 Å². The molecule has 0 saturated carbocycles. The monoisotopic (exact) mass is 233 g/mol. The number of hydrogen-bond donors (Lipinski definition) is 0. The van der Waals surface area contributed by atoms with E-state index in [1.54, 1.807) is 4.90 Å². The molecule has 1 aromatic rings. The summed E-state index contributed by atoms with van der Waals surface area (Å²) >= 11 is 0. The van der Waals surface area contributed by atoms with E-state index in [-0.39, 0.29) is 18.1 Å². The molecule has 2 rings (SSSR count). The molecule has 1 aromatic heterocycles. The fraction of sp³-hybridized carbons (Fsp3) is 0.500. The maximum Gasteiger partial charge on any atom is 0.230 e. The first kappa shape index (κ1) is 11.7. The van der Waals surface area contributed by atoms with Crippen molar-refractivity contribution in [3.63, 3.8) is 0 Å². The van der Waals surface area contributed by atoms with E-state index in [9.17, 15) is 9.59 Å². The summed E-state index contributed by atoms with van der Waals surface area (Å²) in [6.45, 7) is 1.55. The van der Waals surface area contributed by atoms with Crippen molar-refractivity contribution in [2.75, 3.05) is 13.1 Å². The van der Waals surface area contributed by atoms with Gasteiger partial charge in [-0.15, -0.1) is 0 Å². The third-order valence-corrected chi connectivity index (χ3v) is 2.90.